The second-order valence-corrected chi connectivity index (χ2v) is 10.5. The topological polar surface area (TPSA) is 130 Å². The Morgan fingerprint density at radius 2 is 1.88 bits per heavy atom. The minimum Gasteiger partial charge on any atom is -0.356 e. The Morgan fingerprint density at radius 1 is 1.18 bits per heavy atom. The number of amides is 2. The van der Waals surface area contributed by atoms with Crippen LogP contribution in [0.5, 0.6) is 0 Å². The molecule has 3 unspecified atom stereocenters. The molecule has 1 fully saturated rings. The van der Waals surface area contributed by atoms with Crippen molar-refractivity contribution in [2.75, 3.05) is 6.54 Å². The van der Waals surface area contributed by atoms with Gasteiger partial charge in [-0.05, 0) is 42.7 Å². The molecule has 3 atom stereocenters. The van der Waals surface area contributed by atoms with Crippen molar-refractivity contribution >= 4 is 33.6 Å². The van der Waals surface area contributed by atoms with Crippen LogP contribution in [0.1, 0.15) is 24.5 Å². The summed E-state index contributed by atoms with van der Waals surface area (Å²) in [5.41, 5.74) is 1.04. The summed E-state index contributed by atoms with van der Waals surface area (Å²) in [5, 5.41) is 14.0. The molecule has 2 aromatic carbocycles. The Balaban J connectivity index is 1.42. The van der Waals surface area contributed by atoms with Gasteiger partial charge in [-0.3, -0.25) is 14.9 Å². The van der Waals surface area contributed by atoms with Crippen molar-refractivity contribution in [3.63, 3.8) is 0 Å². The van der Waals surface area contributed by atoms with E-state index in [9.17, 15) is 22.4 Å². The summed E-state index contributed by atoms with van der Waals surface area (Å²) in [4.78, 5) is 24.9. The second-order valence-electron chi connectivity index (χ2n) is 7.85. The van der Waals surface area contributed by atoms with E-state index in [-0.39, 0.29) is 40.5 Å². The zero-order chi connectivity index (χ0) is 24.0. The van der Waals surface area contributed by atoms with Crippen LogP contribution in [0.25, 0.3) is 0 Å². The number of hydrogen-bond acceptors (Lipinski definition) is 6. The number of sulfonamides is 1. The van der Waals surface area contributed by atoms with Gasteiger partial charge in [0.05, 0.1) is 10.8 Å². The molecular weight excluding hydrogens is 467 g/mol. The first-order valence-electron chi connectivity index (χ1n) is 10.4. The number of rotatable bonds is 9. The van der Waals surface area contributed by atoms with E-state index < -0.39 is 15.9 Å². The first kappa shape index (κ1) is 25.2. The molecule has 0 bridgehead atoms. The first-order valence-corrected chi connectivity index (χ1v) is 13.0. The predicted octanol–water partition coefficient (Wildman–Crippen LogP) is 1.46. The van der Waals surface area contributed by atoms with Gasteiger partial charge in [-0.15, -0.1) is 11.8 Å². The van der Waals surface area contributed by atoms with E-state index in [4.69, 9.17) is 5.14 Å². The van der Waals surface area contributed by atoms with Crippen LogP contribution in [0, 0.1) is 11.7 Å². The normalized spacial score (nSPS) is 20.8. The Labute approximate surface area is 196 Å². The average molecular weight is 495 g/mol. The molecule has 3 rings (SSSR count). The van der Waals surface area contributed by atoms with Crippen molar-refractivity contribution in [2.24, 2.45) is 11.1 Å². The molecule has 8 nitrogen and oxygen atoms in total. The summed E-state index contributed by atoms with van der Waals surface area (Å²) in [7, 11) is -3.74. The minimum atomic E-state index is -3.74. The molecule has 33 heavy (non-hydrogen) atoms. The van der Waals surface area contributed by atoms with Gasteiger partial charge in [0, 0.05) is 24.8 Å². The molecular formula is C22H27FN4O4S2. The van der Waals surface area contributed by atoms with Gasteiger partial charge in [-0.25, -0.2) is 17.9 Å². The smallest absolute Gasteiger partial charge is 0.238 e. The highest BCUT2D eigenvalue weighted by molar-refractivity contribution is 7.99. The zero-order valence-electron chi connectivity index (χ0n) is 18.1. The number of thioether (sulfide) groups is 1. The van der Waals surface area contributed by atoms with E-state index in [1.165, 1.54) is 30.0 Å². The second kappa shape index (κ2) is 11.1. The quantitative estimate of drug-likeness (QED) is 0.418. The number of halogens is 1. The van der Waals surface area contributed by atoms with Crippen LogP contribution < -0.4 is 21.1 Å². The molecule has 0 saturated carbocycles. The molecule has 5 N–H and O–H groups in total. The molecule has 0 aromatic heterocycles. The van der Waals surface area contributed by atoms with Gasteiger partial charge in [-0.2, -0.15) is 0 Å². The molecule has 1 saturated heterocycles. The van der Waals surface area contributed by atoms with E-state index in [1.807, 2.05) is 6.92 Å². The molecule has 0 aliphatic carbocycles. The largest absolute Gasteiger partial charge is 0.356 e. The van der Waals surface area contributed by atoms with E-state index in [0.29, 0.717) is 24.3 Å². The lowest BCUT2D eigenvalue weighted by Crippen LogP contribution is -2.59. The van der Waals surface area contributed by atoms with Gasteiger partial charge < -0.3 is 10.6 Å². The fourth-order valence-corrected chi connectivity index (χ4v) is 5.08. The van der Waals surface area contributed by atoms with Crippen LogP contribution in [-0.4, -0.2) is 38.3 Å². The van der Waals surface area contributed by atoms with Gasteiger partial charge in [0.15, 0.2) is 0 Å². The molecule has 2 aromatic rings. The maximum Gasteiger partial charge on any atom is 0.238 e. The Bertz CT molecular complexity index is 1100. The molecule has 178 valence electrons. The van der Waals surface area contributed by atoms with Gasteiger partial charge in [0.25, 0.3) is 0 Å². The molecule has 0 radical (unpaired) electrons. The van der Waals surface area contributed by atoms with Crippen LogP contribution in [0.15, 0.2) is 53.4 Å². The van der Waals surface area contributed by atoms with E-state index in [2.05, 4.69) is 16.0 Å². The average Bonchev–Trinajstić information content (AvgIpc) is 2.75. The SMILES string of the molecule is CC1NC(SCc2ccccc2F)NC(=O)C1CC(=O)NCCc1ccc(S(N)(=O)=O)cc1. The molecule has 1 heterocycles. The number of primary sulfonamides is 1. The van der Waals surface area contributed by atoms with Crippen molar-refractivity contribution < 1.29 is 22.4 Å². The van der Waals surface area contributed by atoms with E-state index in [1.54, 1.807) is 30.3 Å². The zero-order valence-corrected chi connectivity index (χ0v) is 19.7. The summed E-state index contributed by atoms with van der Waals surface area (Å²) < 4.78 is 36.4. The van der Waals surface area contributed by atoms with Crippen molar-refractivity contribution in [2.45, 2.75) is 42.0 Å². The summed E-state index contributed by atoms with van der Waals surface area (Å²) in [6, 6.07) is 12.4. The lowest BCUT2D eigenvalue weighted by Gasteiger charge is -2.35. The molecule has 1 aliphatic rings. The van der Waals surface area contributed by atoms with Crippen molar-refractivity contribution in [1.29, 1.82) is 0 Å². The summed E-state index contributed by atoms with van der Waals surface area (Å²) in [5.74, 6) is -0.872. The van der Waals surface area contributed by atoms with E-state index >= 15 is 0 Å². The monoisotopic (exact) mass is 494 g/mol. The van der Waals surface area contributed by atoms with Crippen molar-refractivity contribution in [3.05, 3.63) is 65.5 Å². The Hall–Kier alpha value is -2.47. The standard InChI is InChI=1S/C22H27FN4O4S2/c1-14-18(21(29)27-22(26-14)32-13-16-4-2-3-5-19(16)23)12-20(28)25-11-10-15-6-8-17(9-7-15)33(24,30)31/h2-9,14,18,22,26H,10-13H2,1H3,(H,25,28)(H,27,29)(H2,24,30,31). The number of nitrogens with one attached hydrogen (secondary N) is 3. The number of hydrogen-bond donors (Lipinski definition) is 4. The highest BCUT2D eigenvalue weighted by Gasteiger charge is 2.34. The summed E-state index contributed by atoms with van der Waals surface area (Å²) in [6.07, 6.45) is 0.547. The molecule has 1 aliphatic heterocycles. The highest BCUT2D eigenvalue weighted by atomic mass is 32.2. The van der Waals surface area contributed by atoms with Crippen molar-refractivity contribution in [1.82, 2.24) is 16.0 Å². The summed E-state index contributed by atoms with van der Waals surface area (Å²) in [6.45, 7) is 2.20. The number of nitrogens with two attached hydrogens (primary N) is 1. The number of carbonyl (C=O) groups excluding carboxylic acids is 2. The predicted molar refractivity (Wildman–Crippen MR) is 125 cm³/mol. The van der Waals surface area contributed by atoms with Gasteiger partial charge >= 0.3 is 0 Å². The van der Waals surface area contributed by atoms with Gasteiger partial charge in [0.2, 0.25) is 21.8 Å². The number of benzene rings is 2. The molecule has 0 spiro atoms. The third kappa shape index (κ3) is 7.26. The lowest BCUT2D eigenvalue weighted by atomic mass is 9.94. The lowest BCUT2D eigenvalue weighted by molar-refractivity contribution is -0.133. The van der Waals surface area contributed by atoms with Gasteiger partial charge in [0.1, 0.15) is 11.3 Å². The molecule has 11 heteroatoms. The van der Waals surface area contributed by atoms with Crippen LogP contribution in [0.4, 0.5) is 4.39 Å². The van der Waals surface area contributed by atoms with Crippen LogP contribution in [0.2, 0.25) is 0 Å². The van der Waals surface area contributed by atoms with Crippen LogP contribution in [-0.2, 0) is 31.8 Å². The first-order chi connectivity index (χ1) is 15.6. The van der Waals surface area contributed by atoms with Crippen LogP contribution in [0.3, 0.4) is 0 Å². The van der Waals surface area contributed by atoms with Crippen molar-refractivity contribution in [3.8, 4) is 0 Å². The van der Waals surface area contributed by atoms with Crippen LogP contribution >= 0.6 is 11.8 Å². The maximum absolute atomic E-state index is 13.8. The highest BCUT2D eigenvalue weighted by Crippen LogP contribution is 2.23. The Morgan fingerprint density at radius 3 is 2.52 bits per heavy atom. The fourth-order valence-electron chi connectivity index (χ4n) is 3.47. The molecule has 2 amide bonds. The third-order valence-corrected chi connectivity index (χ3v) is 7.38. The summed E-state index contributed by atoms with van der Waals surface area (Å²) >= 11 is 1.38. The Kier molecular flexibility index (Phi) is 8.46. The van der Waals surface area contributed by atoms with E-state index in [0.717, 1.165) is 5.56 Å². The fraction of sp³-hybridized carbons (Fsp3) is 0.364. The minimum absolute atomic E-state index is 0.0328. The number of carbonyl (C=O) groups is 2. The maximum atomic E-state index is 13.8. The third-order valence-electron chi connectivity index (χ3n) is 5.38. The van der Waals surface area contributed by atoms with Gasteiger partial charge in [-0.1, -0.05) is 30.3 Å².